The highest BCUT2D eigenvalue weighted by molar-refractivity contribution is 7.97. The summed E-state index contributed by atoms with van der Waals surface area (Å²) in [5.74, 6) is 2.57. The molecular weight excluding hydrogens is 1440 g/mol. The number of anilines is 2. The number of para-hydroxylation sites is 2. The Bertz CT molecular complexity index is 4030. The van der Waals surface area contributed by atoms with Gasteiger partial charge in [-0.15, -0.1) is 0 Å². The molecule has 0 radical (unpaired) electrons. The Kier molecular flexibility index (Phi) is 23.3. The van der Waals surface area contributed by atoms with E-state index in [1.807, 2.05) is 55.4 Å². The number of benzene rings is 4. The first-order chi connectivity index (χ1) is 50.5. The molecule has 8 saturated carbocycles. The number of rotatable bonds is 18. The van der Waals surface area contributed by atoms with Crippen LogP contribution < -0.4 is 10.1 Å². The van der Waals surface area contributed by atoms with Crippen molar-refractivity contribution in [2.45, 2.75) is 267 Å². The Balaban J connectivity index is 0.000000138. The zero-order valence-corrected chi connectivity index (χ0v) is 65.7. The van der Waals surface area contributed by atoms with E-state index in [4.69, 9.17) is 33.5 Å². The number of hydrogen-bond acceptors (Lipinski definition) is 18. The Labute approximate surface area is 634 Å². The lowest BCUT2D eigenvalue weighted by molar-refractivity contribution is -0.270. The molecule has 15 atom stereocenters. The van der Waals surface area contributed by atoms with Crippen LogP contribution in [0.15, 0.2) is 118 Å². The Hall–Kier alpha value is -6.83. The van der Waals surface area contributed by atoms with Gasteiger partial charge in [0.2, 0.25) is 0 Å². The van der Waals surface area contributed by atoms with Gasteiger partial charge in [-0.2, -0.15) is 22.0 Å². The van der Waals surface area contributed by atoms with Gasteiger partial charge in [0.1, 0.15) is 39.7 Å². The molecule has 8 aliphatic carbocycles. The average molecular weight is 1550 g/mol. The third-order valence-corrected chi connectivity index (χ3v) is 29.2. The first kappa shape index (κ1) is 82.1. The summed E-state index contributed by atoms with van der Waals surface area (Å²) in [4.78, 5) is 77.7. The molecule has 108 heavy (non-hydrogen) atoms. The molecule has 10 bridgehead atoms. The number of ether oxygens (including phenoxy) is 7. The number of alkyl halides is 5. The van der Waals surface area contributed by atoms with Gasteiger partial charge in [-0.05, 0) is 260 Å². The van der Waals surface area contributed by atoms with Crippen molar-refractivity contribution in [2.75, 3.05) is 5.32 Å². The molecular formula is C83H106F5NO17S2. The van der Waals surface area contributed by atoms with Gasteiger partial charge in [-0.25, -0.2) is 8.42 Å². The third kappa shape index (κ3) is 16.2. The standard InChI is InChI=1S/C20H27F5O7S.C20H32O2.C18H14NS.C13H18O5.C12H16O3/c1-4-16(2,3)14(26)32-18-8-11-5-12(9-18)7-17(6-11,10-18)15(27)31-13(19(21,22)23)20(24,25)33(28,29)30;1-5-19(3,4)18(21)22-20(6-2)11-14-10-15(20)17-13-8-7-12(9-13)16(14)17;1-2-8-14(9-3-1)20-17-12-6-4-10-15(17)19-16-11-5-7-13-18(16)20;1-4-13(2,3)12(15)18-9-7-5-6-8(16-7)10(9)17-11(6)14;1-4-12(2,3)11(14)15-10-7-5-9(13)6-8-10/h11-13H,4-10H2,1-3H3,(H,28,29,30);12-17H,5-11H2,1-4H3;1-13,19H;6-10H,4-5H2,1-3H3;5-8,13H,4H2,1-3H3/q;;+1;;/p-1. The first-order valence-corrected chi connectivity index (χ1v) is 41.1. The molecule has 15 unspecified atom stereocenters. The maximum atomic E-state index is 13.9. The van der Waals surface area contributed by atoms with Gasteiger partial charge < -0.3 is 48.1 Å². The lowest BCUT2D eigenvalue weighted by Gasteiger charge is -2.60. The van der Waals surface area contributed by atoms with E-state index >= 15 is 0 Å². The molecule has 4 aromatic carbocycles. The van der Waals surface area contributed by atoms with E-state index in [1.165, 1.54) is 63.9 Å². The Morgan fingerprint density at radius 3 is 1.68 bits per heavy atom. The number of phenolic OH excluding ortho intramolecular Hbond substituents is 1. The Morgan fingerprint density at radius 2 is 1.14 bits per heavy atom. The van der Waals surface area contributed by atoms with Crippen molar-refractivity contribution in [1.29, 1.82) is 0 Å². The van der Waals surface area contributed by atoms with E-state index in [1.54, 1.807) is 32.9 Å². The van der Waals surface area contributed by atoms with Crippen LogP contribution in [0.2, 0.25) is 0 Å². The highest BCUT2D eigenvalue weighted by Gasteiger charge is 2.70. The summed E-state index contributed by atoms with van der Waals surface area (Å²) >= 11 is 0. The van der Waals surface area contributed by atoms with Crippen LogP contribution in [0, 0.1) is 80.3 Å². The van der Waals surface area contributed by atoms with Gasteiger partial charge in [0.05, 0.1) is 50.5 Å². The van der Waals surface area contributed by atoms with Gasteiger partial charge in [-0.3, -0.25) is 28.8 Å². The van der Waals surface area contributed by atoms with Gasteiger partial charge in [0, 0.05) is 12.3 Å². The van der Waals surface area contributed by atoms with E-state index in [0.29, 0.717) is 50.2 Å². The van der Waals surface area contributed by atoms with Crippen molar-refractivity contribution in [3.05, 3.63) is 103 Å². The third-order valence-electron chi connectivity index (χ3n) is 26.0. The van der Waals surface area contributed by atoms with Crippen molar-refractivity contribution >= 4 is 68.2 Å². The zero-order valence-electron chi connectivity index (χ0n) is 64.1. The summed E-state index contributed by atoms with van der Waals surface area (Å²) < 4.78 is 138. The lowest BCUT2D eigenvalue weighted by atomic mass is 9.48. The Morgan fingerprint density at radius 1 is 0.620 bits per heavy atom. The molecule has 4 heterocycles. The molecule has 4 aromatic rings. The minimum absolute atomic E-state index is 0.0204. The molecule has 4 aliphatic heterocycles. The van der Waals surface area contributed by atoms with Crippen LogP contribution in [-0.4, -0.2) is 107 Å². The van der Waals surface area contributed by atoms with Crippen LogP contribution >= 0.6 is 0 Å². The zero-order chi connectivity index (χ0) is 78.9. The van der Waals surface area contributed by atoms with Crippen LogP contribution in [0.4, 0.5) is 33.3 Å². The highest BCUT2D eigenvalue weighted by atomic mass is 32.2. The van der Waals surface area contributed by atoms with E-state index in [0.717, 1.165) is 55.3 Å². The number of fused-ring (bicyclic) bond motifs is 12. The number of hydrogen-bond donors (Lipinski definition) is 2. The minimum Gasteiger partial charge on any atom is -0.743 e. The molecule has 12 aliphatic rings. The molecule has 0 spiro atoms. The summed E-state index contributed by atoms with van der Waals surface area (Å²) in [7, 11) is -6.80. The molecule has 2 N–H and O–H groups in total. The first-order valence-electron chi connectivity index (χ1n) is 38.4. The lowest BCUT2D eigenvalue weighted by Crippen LogP contribution is -2.62. The fourth-order valence-electron chi connectivity index (χ4n) is 18.7. The maximum absolute atomic E-state index is 13.9. The molecule has 25 heteroatoms. The van der Waals surface area contributed by atoms with Crippen molar-refractivity contribution in [3.63, 3.8) is 0 Å². The number of phenols is 1. The van der Waals surface area contributed by atoms with E-state index in [2.05, 4.69) is 103 Å². The monoisotopic (exact) mass is 1550 g/mol. The number of esters is 6. The van der Waals surface area contributed by atoms with Gasteiger partial charge in [0.15, 0.2) is 37.0 Å². The van der Waals surface area contributed by atoms with Crippen molar-refractivity contribution in [1.82, 2.24) is 0 Å². The fourth-order valence-corrected chi connectivity index (χ4v) is 21.5. The number of carbonyl (C=O) groups is 6. The summed E-state index contributed by atoms with van der Waals surface area (Å²) in [6.45, 7) is 24.8. The van der Waals surface area contributed by atoms with Crippen molar-refractivity contribution in [3.8, 4) is 11.5 Å². The largest absolute Gasteiger partial charge is 0.743 e. The smallest absolute Gasteiger partial charge is 0.432 e. The maximum Gasteiger partial charge on any atom is 0.432 e. The molecule has 0 aromatic heterocycles. The normalized spacial score (nSPS) is 30.8. The van der Waals surface area contributed by atoms with Gasteiger partial charge in [0.25, 0.3) is 6.10 Å². The van der Waals surface area contributed by atoms with E-state index in [-0.39, 0.29) is 101 Å². The average Bonchev–Trinajstić information content (AvgIpc) is 1.38. The van der Waals surface area contributed by atoms with Crippen molar-refractivity contribution < 1.29 is 102 Å². The van der Waals surface area contributed by atoms with Crippen molar-refractivity contribution in [2.24, 2.45) is 80.3 Å². The van der Waals surface area contributed by atoms with Crippen LogP contribution in [0.3, 0.4) is 0 Å². The molecule has 16 rings (SSSR count). The summed E-state index contributed by atoms with van der Waals surface area (Å²) in [6.07, 6.45) is 0.938. The quantitative estimate of drug-likeness (QED) is 0.0157. The predicted octanol–water partition coefficient (Wildman–Crippen LogP) is 17.4. The molecule has 0 amide bonds. The van der Waals surface area contributed by atoms with E-state index < -0.39 is 79.1 Å². The fraction of sp³-hybridized carbons (Fsp3) is 0.639. The van der Waals surface area contributed by atoms with Crippen LogP contribution in [0.25, 0.3) is 0 Å². The van der Waals surface area contributed by atoms with Crippen LogP contribution in [-0.2, 0) is 78.2 Å². The summed E-state index contributed by atoms with van der Waals surface area (Å²) in [5.41, 5.74) is -2.64. The second-order valence-corrected chi connectivity index (χ2v) is 38.0. The highest BCUT2D eigenvalue weighted by Crippen LogP contribution is 2.71. The number of carbonyl (C=O) groups excluding carboxylic acids is 6. The molecule has 18 nitrogen and oxygen atoms in total. The summed E-state index contributed by atoms with van der Waals surface area (Å²) in [6, 6.07) is 34.1. The molecule has 11 fully saturated rings. The van der Waals surface area contributed by atoms with Crippen LogP contribution in [0.5, 0.6) is 11.5 Å². The molecule has 3 saturated heterocycles. The van der Waals surface area contributed by atoms with Gasteiger partial charge in [-0.1, -0.05) is 77.1 Å². The van der Waals surface area contributed by atoms with Gasteiger partial charge >= 0.3 is 47.2 Å². The van der Waals surface area contributed by atoms with Crippen LogP contribution in [0.1, 0.15) is 199 Å². The summed E-state index contributed by atoms with van der Waals surface area (Å²) in [5, 5.41) is 6.70. The van der Waals surface area contributed by atoms with E-state index in [9.17, 15) is 63.7 Å². The second kappa shape index (κ2) is 30.7. The molecule has 592 valence electrons. The SMILES string of the molecule is CCC(C)(C)C(=O)OC1(CC)CC2CC1C1C3CCC(C3)C21.CCC(C)(C)C(=O)OC12CC3CC(C1)CC(C(=O)OC(C(F)(F)F)C(F)(F)S(=O)(=O)[O-])(C3)C2.CCC(C)(C)C(=O)OC1C2CC3C(=O)OC1C3O2.CCC(C)(C)C(=O)Oc1ccc(O)cc1.c1ccc([S+]2c3ccccc3Nc3ccccc32)cc1. The number of nitrogens with one attached hydrogen (secondary N) is 1. The topological polar surface area (TPSA) is 256 Å². The second-order valence-electron chi connectivity index (χ2n) is 34.6. The number of aromatic hydroxyl groups is 1. The minimum atomic E-state index is -6.78. The number of halogens is 5. The predicted molar refractivity (Wildman–Crippen MR) is 391 cm³/mol.